The van der Waals surface area contributed by atoms with Crippen molar-refractivity contribution in [1.29, 1.82) is 0 Å². The van der Waals surface area contributed by atoms with Gasteiger partial charge in [0.05, 0.1) is 18.0 Å². The predicted octanol–water partition coefficient (Wildman–Crippen LogP) is 1.30. The molecule has 0 amide bonds. The quantitative estimate of drug-likeness (QED) is 0.741. The largest absolute Gasteiger partial charge is 0.394 e. The van der Waals surface area contributed by atoms with Crippen molar-refractivity contribution < 1.29 is 5.11 Å². The molecule has 0 radical (unpaired) electrons. The van der Waals surface area contributed by atoms with Gasteiger partial charge in [-0.15, -0.1) is 0 Å². The van der Waals surface area contributed by atoms with Gasteiger partial charge in [0.15, 0.2) is 0 Å². The highest BCUT2D eigenvalue weighted by molar-refractivity contribution is 5.72. The van der Waals surface area contributed by atoms with Gasteiger partial charge in [0.25, 0.3) is 0 Å². The van der Waals surface area contributed by atoms with Crippen LogP contribution in [0.15, 0.2) is 24.3 Å². The van der Waals surface area contributed by atoms with Crippen LogP contribution in [0.25, 0.3) is 0 Å². The van der Waals surface area contributed by atoms with Crippen LogP contribution in [0.1, 0.15) is 6.92 Å². The molecular weight excluding hydrogens is 176 g/mol. The summed E-state index contributed by atoms with van der Waals surface area (Å²) in [4.78, 5) is 2.24. The van der Waals surface area contributed by atoms with Crippen molar-refractivity contribution in [2.45, 2.75) is 13.0 Å². The Bertz CT molecular complexity index is 314. The average molecular weight is 192 g/mol. The normalized spacial score (nSPS) is 17.1. The maximum atomic E-state index is 9.15. The summed E-state index contributed by atoms with van der Waals surface area (Å²) >= 11 is 0. The molecule has 0 aromatic heterocycles. The first-order valence-corrected chi connectivity index (χ1v) is 5.03. The number of para-hydroxylation sites is 2. The van der Waals surface area contributed by atoms with E-state index in [1.807, 2.05) is 19.1 Å². The zero-order valence-electron chi connectivity index (χ0n) is 8.40. The van der Waals surface area contributed by atoms with Gasteiger partial charge in [0, 0.05) is 19.1 Å². The molecule has 1 aromatic rings. The zero-order chi connectivity index (χ0) is 9.97. The Kier molecular flexibility index (Phi) is 2.59. The second-order valence-electron chi connectivity index (χ2n) is 3.67. The van der Waals surface area contributed by atoms with Crippen LogP contribution in [-0.2, 0) is 0 Å². The van der Waals surface area contributed by atoms with Crippen LogP contribution in [0, 0.1) is 0 Å². The smallest absolute Gasteiger partial charge is 0.0632 e. The van der Waals surface area contributed by atoms with E-state index in [1.54, 1.807) is 0 Å². The third-order valence-electron chi connectivity index (χ3n) is 2.68. The summed E-state index contributed by atoms with van der Waals surface area (Å²) < 4.78 is 0. The van der Waals surface area contributed by atoms with Crippen molar-refractivity contribution in [1.82, 2.24) is 0 Å². The fourth-order valence-corrected chi connectivity index (χ4v) is 1.86. The highest BCUT2D eigenvalue weighted by Crippen LogP contribution is 2.29. The fourth-order valence-electron chi connectivity index (χ4n) is 1.86. The number of aliphatic hydroxyl groups excluding tert-OH is 1. The maximum absolute atomic E-state index is 9.15. The molecule has 14 heavy (non-hydrogen) atoms. The van der Waals surface area contributed by atoms with Gasteiger partial charge in [-0.2, -0.15) is 0 Å². The monoisotopic (exact) mass is 192 g/mol. The molecule has 1 unspecified atom stereocenters. The van der Waals surface area contributed by atoms with E-state index in [9.17, 15) is 0 Å². The van der Waals surface area contributed by atoms with Gasteiger partial charge in [-0.05, 0) is 19.1 Å². The Morgan fingerprint density at radius 2 is 2.29 bits per heavy atom. The number of rotatable bonds is 2. The Morgan fingerprint density at radius 3 is 3.07 bits per heavy atom. The van der Waals surface area contributed by atoms with Gasteiger partial charge < -0.3 is 15.3 Å². The molecule has 2 rings (SSSR count). The van der Waals surface area contributed by atoms with Gasteiger partial charge in [-0.3, -0.25) is 0 Å². The molecule has 1 aliphatic rings. The second kappa shape index (κ2) is 3.88. The van der Waals surface area contributed by atoms with Crippen molar-refractivity contribution in [3.05, 3.63) is 24.3 Å². The molecule has 1 aromatic carbocycles. The number of nitrogens with one attached hydrogen (secondary N) is 1. The van der Waals surface area contributed by atoms with E-state index < -0.39 is 0 Å². The van der Waals surface area contributed by atoms with Gasteiger partial charge >= 0.3 is 0 Å². The lowest BCUT2D eigenvalue weighted by Crippen LogP contribution is -2.42. The summed E-state index contributed by atoms with van der Waals surface area (Å²) in [6.07, 6.45) is 0. The van der Waals surface area contributed by atoms with Crippen molar-refractivity contribution in [3.63, 3.8) is 0 Å². The summed E-state index contributed by atoms with van der Waals surface area (Å²) in [5.41, 5.74) is 2.36. The molecule has 1 heterocycles. The van der Waals surface area contributed by atoms with Gasteiger partial charge in [-0.25, -0.2) is 0 Å². The SMILES string of the molecule is CC(CO)N1CCNc2ccccc21. The lowest BCUT2D eigenvalue weighted by Gasteiger charge is -2.35. The molecule has 76 valence electrons. The lowest BCUT2D eigenvalue weighted by atomic mass is 10.1. The Morgan fingerprint density at radius 1 is 1.50 bits per heavy atom. The number of aliphatic hydroxyl groups is 1. The second-order valence-corrected chi connectivity index (χ2v) is 3.67. The van der Waals surface area contributed by atoms with Gasteiger partial charge in [-0.1, -0.05) is 12.1 Å². The lowest BCUT2D eigenvalue weighted by molar-refractivity contribution is 0.267. The minimum Gasteiger partial charge on any atom is -0.394 e. The number of anilines is 2. The molecule has 3 heteroatoms. The van der Waals surface area contributed by atoms with Crippen LogP contribution in [0.3, 0.4) is 0 Å². The van der Waals surface area contributed by atoms with Crippen LogP contribution >= 0.6 is 0 Å². The molecule has 0 bridgehead atoms. The molecule has 2 N–H and O–H groups in total. The van der Waals surface area contributed by atoms with Crippen molar-refractivity contribution >= 4 is 11.4 Å². The highest BCUT2D eigenvalue weighted by Gasteiger charge is 2.19. The van der Waals surface area contributed by atoms with Crippen LogP contribution < -0.4 is 10.2 Å². The average Bonchev–Trinajstić information content (AvgIpc) is 2.27. The molecule has 0 fully saturated rings. The van der Waals surface area contributed by atoms with Gasteiger partial charge in [0.2, 0.25) is 0 Å². The van der Waals surface area contributed by atoms with E-state index in [0.29, 0.717) is 0 Å². The summed E-state index contributed by atoms with van der Waals surface area (Å²) in [5, 5.41) is 12.5. The van der Waals surface area contributed by atoms with Crippen molar-refractivity contribution in [2.75, 3.05) is 29.9 Å². The first-order chi connectivity index (χ1) is 6.83. The minimum atomic E-state index is 0.193. The number of hydrogen-bond donors (Lipinski definition) is 2. The predicted molar refractivity (Wildman–Crippen MR) is 58.8 cm³/mol. The molecule has 1 atom stereocenters. The van der Waals surface area contributed by atoms with Crippen LogP contribution in [0.4, 0.5) is 11.4 Å². The number of fused-ring (bicyclic) bond motifs is 1. The molecule has 3 nitrogen and oxygen atoms in total. The summed E-state index contributed by atoms with van der Waals surface area (Å²) in [5.74, 6) is 0. The maximum Gasteiger partial charge on any atom is 0.0632 e. The number of nitrogens with zero attached hydrogens (tertiary/aromatic N) is 1. The topological polar surface area (TPSA) is 35.5 Å². The van der Waals surface area contributed by atoms with E-state index in [4.69, 9.17) is 5.11 Å². The Labute approximate surface area is 84.4 Å². The number of benzene rings is 1. The molecule has 1 aliphatic heterocycles. The van der Waals surface area contributed by atoms with E-state index in [2.05, 4.69) is 22.3 Å². The summed E-state index contributed by atoms with van der Waals surface area (Å²) in [6.45, 7) is 4.15. The third-order valence-corrected chi connectivity index (χ3v) is 2.68. The molecule has 0 spiro atoms. The standard InChI is InChI=1S/C11H16N2O/c1-9(8-14)13-7-6-12-10-4-2-3-5-11(10)13/h2-5,9,12,14H,6-8H2,1H3. The minimum absolute atomic E-state index is 0.193. The highest BCUT2D eigenvalue weighted by atomic mass is 16.3. The van der Waals surface area contributed by atoms with E-state index >= 15 is 0 Å². The first kappa shape index (κ1) is 9.34. The fraction of sp³-hybridized carbons (Fsp3) is 0.455. The Hall–Kier alpha value is -1.22. The molecule has 0 aliphatic carbocycles. The van der Waals surface area contributed by atoms with E-state index in [0.717, 1.165) is 13.1 Å². The van der Waals surface area contributed by atoms with Crippen LogP contribution in [0.5, 0.6) is 0 Å². The zero-order valence-corrected chi connectivity index (χ0v) is 8.40. The third kappa shape index (κ3) is 1.55. The van der Waals surface area contributed by atoms with Crippen molar-refractivity contribution in [3.8, 4) is 0 Å². The molecule has 0 saturated carbocycles. The summed E-state index contributed by atoms with van der Waals surface area (Å²) in [7, 11) is 0. The van der Waals surface area contributed by atoms with Gasteiger partial charge in [0.1, 0.15) is 0 Å². The molecular formula is C11H16N2O. The number of hydrogen-bond acceptors (Lipinski definition) is 3. The summed E-state index contributed by atoms with van der Waals surface area (Å²) in [6, 6.07) is 8.42. The van der Waals surface area contributed by atoms with E-state index in [-0.39, 0.29) is 12.6 Å². The van der Waals surface area contributed by atoms with Crippen LogP contribution in [0.2, 0.25) is 0 Å². The van der Waals surface area contributed by atoms with E-state index in [1.165, 1.54) is 11.4 Å². The Balaban J connectivity index is 2.30. The first-order valence-electron chi connectivity index (χ1n) is 5.03. The van der Waals surface area contributed by atoms with Crippen molar-refractivity contribution in [2.24, 2.45) is 0 Å². The molecule has 0 saturated heterocycles. The van der Waals surface area contributed by atoms with Crippen LogP contribution in [-0.4, -0.2) is 30.8 Å².